The number of nitrogens with one attached hydrogen (secondary N) is 1. The predicted octanol–water partition coefficient (Wildman–Crippen LogP) is 4.22. The molecule has 0 aliphatic rings. The maximum Gasteiger partial charge on any atom is 0.203 e. The number of aryl methyl sites for hydroxylation is 2. The van der Waals surface area contributed by atoms with Gasteiger partial charge in [-0.15, -0.1) is 0 Å². The number of hydrogen-bond donors (Lipinski definition) is 1. The van der Waals surface area contributed by atoms with E-state index >= 15 is 0 Å². The number of hydrogen-bond acceptors (Lipinski definition) is 5. The van der Waals surface area contributed by atoms with E-state index in [1.54, 1.807) is 0 Å². The third-order valence-corrected chi connectivity index (χ3v) is 3.63. The topological polar surface area (TPSA) is 51.0 Å². The smallest absolute Gasteiger partial charge is 0.203 e. The Morgan fingerprint density at radius 1 is 1.32 bits per heavy atom. The molecule has 4 nitrogen and oxygen atoms in total. The van der Waals surface area contributed by atoms with E-state index in [1.807, 2.05) is 13.8 Å². The van der Waals surface area contributed by atoms with Crippen LogP contribution in [0.2, 0.25) is 0 Å². The van der Waals surface area contributed by atoms with Crippen LogP contribution in [0.1, 0.15) is 56.6 Å². The largest absolute Gasteiger partial charge is 0.466 e. The average Bonchev–Trinajstić information content (AvgIpc) is 2.84. The molecular weight excluding hydrogens is 258 g/mol. The van der Waals surface area contributed by atoms with Crippen LogP contribution in [0.25, 0.3) is 0 Å². The van der Waals surface area contributed by atoms with E-state index in [-0.39, 0.29) is 11.5 Å². The molecule has 2 heterocycles. The first-order valence-corrected chi connectivity index (χ1v) is 7.22. The highest BCUT2D eigenvalue weighted by Gasteiger charge is 2.21. The lowest BCUT2D eigenvalue weighted by atomic mass is 9.96. The van der Waals surface area contributed by atoms with Crippen molar-refractivity contribution in [3.63, 3.8) is 0 Å². The Bertz CT molecular complexity index is 565. The SMILES string of the molecule is Cc1cc(C(C)Nc2nc(C(C)(C)C)ns2)c(C)o1. The molecule has 0 aromatic carbocycles. The van der Waals surface area contributed by atoms with Gasteiger partial charge >= 0.3 is 0 Å². The van der Waals surface area contributed by atoms with Crippen molar-refractivity contribution >= 4 is 16.7 Å². The molecular formula is C14H21N3OS. The van der Waals surface area contributed by atoms with Crippen molar-refractivity contribution in [1.82, 2.24) is 9.36 Å². The summed E-state index contributed by atoms with van der Waals surface area (Å²) >= 11 is 1.41. The third kappa shape index (κ3) is 3.15. The summed E-state index contributed by atoms with van der Waals surface area (Å²) in [4.78, 5) is 4.55. The number of aromatic nitrogens is 2. The maximum absolute atomic E-state index is 5.56. The predicted molar refractivity (Wildman–Crippen MR) is 78.8 cm³/mol. The van der Waals surface area contributed by atoms with Crippen molar-refractivity contribution in [3.05, 3.63) is 29.0 Å². The molecule has 0 aliphatic heterocycles. The van der Waals surface area contributed by atoms with E-state index in [0.717, 1.165) is 22.5 Å². The minimum atomic E-state index is -0.0121. The fourth-order valence-electron chi connectivity index (χ4n) is 1.93. The maximum atomic E-state index is 5.56. The van der Waals surface area contributed by atoms with E-state index in [2.05, 4.69) is 48.4 Å². The molecule has 0 saturated heterocycles. The van der Waals surface area contributed by atoms with Gasteiger partial charge in [-0.1, -0.05) is 20.8 Å². The Morgan fingerprint density at radius 3 is 2.47 bits per heavy atom. The summed E-state index contributed by atoms with van der Waals surface area (Å²) in [6.07, 6.45) is 0. The summed E-state index contributed by atoms with van der Waals surface area (Å²) in [6.45, 7) is 12.4. The molecule has 0 saturated carbocycles. The van der Waals surface area contributed by atoms with Crippen molar-refractivity contribution < 1.29 is 4.42 Å². The van der Waals surface area contributed by atoms with Crippen LogP contribution in [0.3, 0.4) is 0 Å². The summed E-state index contributed by atoms with van der Waals surface area (Å²) in [5, 5.41) is 4.25. The van der Waals surface area contributed by atoms with Gasteiger partial charge in [-0.3, -0.25) is 0 Å². The van der Waals surface area contributed by atoms with Gasteiger partial charge in [0.1, 0.15) is 17.3 Å². The lowest BCUT2D eigenvalue weighted by Crippen LogP contribution is -2.13. The minimum Gasteiger partial charge on any atom is -0.466 e. The molecule has 1 unspecified atom stereocenters. The Balaban J connectivity index is 2.13. The monoisotopic (exact) mass is 279 g/mol. The Labute approximate surface area is 118 Å². The second-order valence-corrected chi connectivity index (χ2v) is 6.66. The fourth-order valence-corrected chi connectivity index (χ4v) is 2.77. The van der Waals surface area contributed by atoms with E-state index in [4.69, 9.17) is 4.42 Å². The highest BCUT2D eigenvalue weighted by Crippen LogP contribution is 2.28. The summed E-state index contributed by atoms with van der Waals surface area (Å²) in [6, 6.07) is 2.23. The zero-order valence-corrected chi connectivity index (χ0v) is 13.2. The van der Waals surface area contributed by atoms with Gasteiger partial charge in [-0.25, -0.2) is 4.98 Å². The van der Waals surface area contributed by atoms with Gasteiger partial charge in [0.15, 0.2) is 0 Å². The summed E-state index contributed by atoms with van der Waals surface area (Å²) < 4.78 is 9.97. The Morgan fingerprint density at radius 2 is 2.00 bits per heavy atom. The van der Waals surface area contributed by atoms with Gasteiger partial charge in [0.05, 0.1) is 6.04 Å². The Kier molecular flexibility index (Phi) is 3.67. The summed E-state index contributed by atoms with van der Waals surface area (Å²) in [5.74, 6) is 2.78. The fraction of sp³-hybridized carbons (Fsp3) is 0.571. The van der Waals surface area contributed by atoms with Crippen LogP contribution in [-0.2, 0) is 5.41 Å². The van der Waals surface area contributed by atoms with Gasteiger partial charge in [-0.2, -0.15) is 4.37 Å². The first-order chi connectivity index (χ1) is 8.77. The molecule has 19 heavy (non-hydrogen) atoms. The van der Waals surface area contributed by atoms with Gasteiger partial charge < -0.3 is 9.73 Å². The van der Waals surface area contributed by atoms with Gasteiger partial charge in [0.25, 0.3) is 0 Å². The molecule has 0 radical (unpaired) electrons. The molecule has 1 atom stereocenters. The molecule has 2 aromatic rings. The van der Waals surface area contributed by atoms with Crippen LogP contribution in [0.4, 0.5) is 5.13 Å². The Hall–Kier alpha value is -1.36. The molecule has 0 fully saturated rings. The first kappa shape index (κ1) is 14.1. The van der Waals surface area contributed by atoms with Crippen molar-refractivity contribution in [2.24, 2.45) is 0 Å². The van der Waals surface area contributed by atoms with Gasteiger partial charge in [-0.05, 0) is 26.8 Å². The standard InChI is InChI=1S/C14H21N3OS/c1-8-7-11(10(3)18-8)9(2)15-13-16-12(17-19-13)14(4,5)6/h7,9H,1-6H3,(H,15,16,17). The summed E-state index contributed by atoms with van der Waals surface area (Å²) in [5.41, 5.74) is 1.16. The molecule has 0 amide bonds. The highest BCUT2D eigenvalue weighted by atomic mass is 32.1. The highest BCUT2D eigenvalue weighted by molar-refractivity contribution is 7.09. The zero-order chi connectivity index (χ0) is 14.2. The quantitative estimate of drug-likeness (QED) is 0.914. The number of furan rings is 1. The van der Waals surface area contributed by atoms with Crippen LogP contribution >= 0.6 is 11.5 Å². The molecule has 0 bridgehead atoms. The van der Waals surface area contributed by atoms with Crippen LogP contribution in [0.5, 0.6) is 0 Å². The molecule has 2 aromatic heterocycles. The average molecular weight is 279 g/mol. The normalized spacial score (nSPS) is 13.6. The third-order valence-electron chi connectivity index (χ3n) is 2.98. The molecule has 0 aliphatic carbocycles. The van der Waals surface area contributed by atoms with Crippen LogP contribution < -0.4 is 5.32 Å². The second-order valence-electron chi connectivity index (χ2n) is 5.91. The van der Waals surface area contributed by atoms with Crippen molar-refractivity contribution in [3.8, 4) is 0 Å². The number of anilines is 1. The van der Waals surface area contributed by atoms with E-state index < -0.39 is 0 Å². The molecule has 0 spiro atoms. The minimum absolute atomic E-state index is 0.0121. The van der Waals surface area contributed by atoms with Crippen molar-refractivity contribution in [1.29, 1.82) is 0 Å². The van der Waals surface area contributed by atoms with E-state index in [9.17, 15) is 0 Å². The number of nitrogens with zero attached hydrogens (tertiary/aromatic N) is 2. The van der Waals surface area contributed by atoms with E-state index in [0.29, 0.717) is 0 Å². The van der Waals surface area contributed by atoms with E-state index in [1.165, 1.54) is 17.1 Å². The van der Waals surface area contributed by atoms with Gasteiger partial charge in [0, 0.05) is 22.5 Å². The van der Waals surface area contributed by atoms with Crippen molar-refractivity contribution in [2.75, 3.05) is 5.32 Å². The van der Waals surface area contributed by atoms with Crippen LogP contribution in [0, 0.1) is 13.8 Å². The van der Waals surface area contributed by atoms with Crippen molar-refractivity contribution in [2.45, 2.75) is 53.0 Å². The zero-order valence-electron chi connectivity index (χ0n) is 12.4. The molecule has 1 N–H and O–H groups in total. The molecule has 104 valence electrons. The van der Waals surface area contributed by atoms with Gasteiger partial charge in [0.2, 0.25) is 5.13 Å². The lowest BCUT2D eigenvalue weighted by molar-refractivity contribution is 0.499. The first-order valence-electron chi connectivity index (χ1n) is 6.45. The second kappa shape index (κ2) is 4.96. The molecule has 5 heteroatoms. The van der Waals surface area contributed by atoms with Crippen LogP contribution in [0.15, 0.2) is 10.5 Å². The van der Waals surface area contributed by atoms with Crippen LogP contribution in [-0.4, -0.2) is 9.36 Å². The number of rotatable bonds is 3. The lowest BCUT2D eigenvalue weighted by Gasteiger charge is -2.13. The summed E-state index contributed by atoms with van der Waals surface area (Å²) in [7, 11) is 0. The molecule has 2 rings (SSSR count).